The zero-order chi connectivity index (χ0) is 12.4. The maximum absolute atomic E-state index is 5.90. The molecule has 2 nitrogen and oxygen atoms in total. The van der Waals surface area contributed by atoms with Crippen molar-refractivity contribution in [3.63, 3.8) is 0 Å². The van der Waals surface area contributed by atoms with E-state index < -0.39 is 0 Å². The lowest BCUT2D eigenvalue weighted by molar-refractivity contribution is 0.652. The van der Waals surface area contributed by atoms with E-state index in [1.54, 1.807) is 0 Å². The Morgan fingerprint density at radius 1 is 1.35 bits per heavy atom. The van der Waals surface area contributed by atoms with Gasteiger partial charge in [-0.2, -0.15) is 0 Å². The van der Waals surface area contributed by atoms with Crippen LogP contribution in [0.2, 0.25) is 0 Å². The van der Waals surface area contributed by atoms with Gasteiger partial charge in [0, 0.05) is 23.6 Å². The van der Waals surface area contributed by atoms with Crippen LogP contribution < -0.4 is 10.6 Å². The van der Waals surface area contributed by atoms with Gasteiger partial charge in [0.15, 0.2) is 0 Å². The SMILES string of the molecule is CC(N)c1ccc(N(C)C2CCCC2)c(Br)c1. The van der Waals surface area contributed by atoms with E-state index in [1.807, 2.05) is 6.92 Å². The summed E-state index contributed by atoms with van der Waals surface area (Å²) in [5.41, 5.74) is 8.36. The summed E-state index contributed by atoms with van der Waals surface area (Å²) in [5, 5.41) is 0. The Bertz CT molecular complexity index is 384. The van der Waals surface area contributed by atoms with Gasteiger partial charge in [0.05, 0.1) is 5.69 Å². The van der Waals surface area contributed by atoms with Crippen LogP contribution in [-0.2, 0) is 0 Å². The number of nitrogens with zero attached hydrogens (tertiary/aromatic N) is 1. The number of rotatable bonds is 3. The van der Waals surface area contributed by atoms with Gasteiger partial charge in [-0.1, -0.05) is 18.9 Å². The monoisotopic (exact) mass is 296 g/mol. The molecule has 1 saturated carbocycles. The van der Waals surface area contributed by atoms with Crippen LogP contribution in [0.15, 0.2) is 22.7 Å². The molecule has 0 bridgehead atoms. The Morgan fingerprint density at radius 3 is 2.53 bits per heavy atom. The molecule has 2 N–H and O–H groups in total. The fraction of sp³-hybridized carbons (Fsp3) is 0.571. The Morgan fingerprint density at radius 2 is 2.00 bits per heavy atom. The Kier molecular flexibility index (Phi) is 4.10. The Balaban J connectivity index is 2.20. The van der Waals surface area contributed by atoms with Crippen LogP contribution in [-0.4, -0.2) is 13.1 Å². The van der Waals surface area contributed by atoms with Crippen LogP contribution in [0.25, 0.3) is 0 Å². The van der Waals surface area contributed by atoms with Crippen LogP contribution in [0, 0.1) is 0 Å². The van der Waals surface area contributed by atoms with Crippen LogP contribution in [0.3, 0.4) is 0 Å². The second kappa shape index (κ2) is 5.40. The van der Waals surface area contributed by atoms with E-state index in [-0.39, 0.29) is 6.04 Å². The minimum Gasteiger partial charge on any atom is -0.371 e. The molecule has 0 amide bonds. The molecule has 2 rings (SSSR count). The standard InChI is InChI=1S/C14H21BrN2/c1-10(16)11-7-8-14(13(15)9-11)17(2)12-5-3-4-6-12/h7-10,12H,3-6,16H2,1-2H3. The van der Waals surface area contributed by atoms with Gasteiger partial charge in [-0.15, -0.1) is 0 Å². The van der Waals surface area contributed by atoms with Crippen molar-refractivity contribution in [2.45, 2.75) is 44.7 Å². The first-order valence-corrected chi connectivity index (χ1v) is 7.16. The van der Waals surface area contributed by atoms with Crippen molar-refractivity contribution >= 4 is 21.6 Å². The third-order valence-corrected chi connectivity index (χ3v) is 4.39. The molecule has 94 valence electrons. The van der Waals surface area contributed by atoms with Crippen molar-refractivity contribution in [1.82, 2.24) is 0 Å². The maximum Gasteiger partial charge on any atom is 0.0510 e. The number of halogens is 1. The summed E-state index contributed by atoms with van der Waals surface area (Å²) in [6, 6.07) is 7.26. The lowest BCUT2D eigenvalue weighted by Gasteiger charge is -2.28. The van der Waals surface area contributed by atoms with Crippen LogP contribution in [0.1, 0.15) is 44.2 Å². The first-order valence-electron chi connectivity index (χ1n) is 6.37. The van der Waals surface area contributed by atoms with E-state index in [0.29, 0.717) is 6.04 Å². The highest BCUT2D eigenvalue weighted by Gasteiger charge is 2.21. The van der Waals surface area contributed by atoms with E-state index in [9.17, 15) is 0 Å². The quantitative estimate of drug-likeness (QED) is 0.918. The minimum atomic E-state index is 0.0946. The smallest absolute Gasteiger partial charge is 0.0510 e. The average Bonchev–Trinajstić information content (AvgIpc) is 2.81. The van der Waals surface area contributed by atoms with E-state index >= 15 is 0 Å². The Hall–Kier alpha value is -0.540. The Labute approximate surface area is 112 Å². The highest BCUT2D eigenvalue weighted by Crippen LogP contribution is 2.33. The molecular formula is C14H21BrN2. The summed E-state index contributed by atoms with van der Waals surface area (Å²) < 4.78 is 1.15. The number of hydrogen-bond donors (Lipinski definition) is 1. The molecule has 17 heavy (non-hydrogen) atoms. The number of benzene rings is 1. The van der Waals surface area contributed by atoms with Crippen LogP contribution in [0.4, 0.5) is 5.69 Å². The molecule has 1 fully saturated rings. The zero-order valence-corrected chi connectivity index (χ0v) is 12.2. The molecule has 1 aliphatic rings. The van der Waals surface area contributed by atoms with Crippen molar-refractivity contribution in [3.8, 4) is 0 Å². The van der Waals surface area contributed by atoms with Crippen molar-refractivity contribution in [2.75, 3.05) is 11.9 Å². The lowest BCUT2D eigenvalue weighted by atomic mass is 10.1. The van der Waals surface area contributed by atoms with Crippen LogP contribution >= 0.6 is 15.9 Å². The molecule has 1 atom stereocenters. The molecule has 0 spiro atoms. The third-order valence-electron chi connectivity index (χ3n) is 3.75. The van der Waals surface area contributed by atoms with Gasteiger partial charge in [-0.05, 0) is 53.4 Å². The van der Waals surface area contributed by atoms with Gasteiger partial charge in [-0.3, -0.25) is 0 Å². The molecule has 0 aliphatic heterocycles. The average molecular weight is 297 g/mol. The minimum absolute atomic E-state index is 0.0946. The fourth-order valence-corrected chi connectivity index (χ4v) is 3.26. The summed E-state index contributed by atoms with van der Waals surface area (Å²) in [7, 11) is 2.20. The highest BCUT2D eigenvalue weighted by atomic mass is 79.9. The van der Waals surface area contributed by atoms with E-state index in [2.05, 4.69) is 46.1 Å². The molecule has 1 aromatic carbocycles. The van der Waals surface area contributed by atoms with Gasteiger partial charge in [0.1, 0.15) is 0 Å². The fourth-order valence-electron chi connectivity index (χ4n) is 2.58. The van der Waals surface area contributed by atoms with Crippen molar-refractivity contribution in [2.24, 2.45) is 5.73 Å². The molecule has 1 aliphatic carbocycles. The molecule has 0 saturated heterocycles. The zero-order valence-electron chi connectivity index (χ0n) is 10.6. The molecule has 1 unspecified atom stereocenters. The van der Waals surface area contributed by atoms with Crippen molar-refractivity contribution in [1.29, 1.82) is 0 Å². The molecule has 0 heterocycles. The van der Waals surface area contributed by atoms with Gasteiger partial charge >= 0.3 is 0 Å². The number of nitrogens with two attached hydrogens (primary N) is 1. The second-order valence-electron chi connectivity index (χ2n) is 5.05. The van der Waals surface area contributed by atoms with Gasteiger partial charge in [-0.25, -0.2) is 0 Å². The molecule has 0 radical (unpaired) electrons. The second-order valence-corrected chi connectivity index (χ2v) is 5.90. The predicted octanol–water partition coefficient (Wildman–Crippen LogP) is 3.85. The molecule has 3 heteroatoms. The topological polar surface area (TPSA) is 29.3 Å². The first-order chi connectivity index (χ1) is 8.09. The van der Waals surface area contributed by atoms with Crippen molar-refractivity contribution < 1.29 is 0 Å². The van der Waals surface area contributed by atoms with Crippen molar-refractivity contribution in [3.05, 3.63) is 28.2 Å². The first kappa shape index (κ1) is 12.9. The number of anilines is 1. The highest BCUT2D eigenvalue weighted by molar-refractivity contribution is 9.10. The molecule has 1 aromatic rings. The van der Waals surface area contributed by atoms with Gasteiger partial charge in [0.2, 0.25) is 0 Å². The summed E-state index contributed by atoms with van der Waals surface area (Å²) in [4.78, 5) is 2.40. The van der Waals surface area contributed by atoms with Crippen LogP contribution in [0.5, 0.6) is 0 Å². The molecular weight excluding hydrogens is 276 g/mol. The molecule has 0 aromatic heterocycles. The summed E-state index contributed by atoms with van der Waals surface area (Å²) in [5.74, 6) is 0. The van der Waals surface area contributed by atoms with Gasteiger partial charge < -0.3 is 10.6 Å². The summed E-state index contributed by atoms with van der Waals surface area (Å²) in [6.45, 7) is 2.02. The number of hydrogen-bond acceptors (Lipinski definition) is 2. The maximum atomic E-state index is 5.90. The third kappa shape index (κ3) is 2.83. The summed E-state index contributed by atoms with van der Waals surface area (Å²) >= 11 is 3.67. The summed E-state index contributed by atoms with van der Waals surface area (Å²) in [6.07, 6.45) is 5.37. The van der Waals surface area contributed by atoms with E-state index in [4.69, 9.17) is 5.73 Å². The van der Waals surface area contributed by atoms with Gasteiger partial charge in [0.25, 0.3) is 0 Å². The van der Waals surface area contributed by atoms with E-state index in [1.165, 1.54) is 36.9 Å². The normalized spacial score (nSPS) is 18.4. The van der Waals surface area contributed by atoms with E-state index in [0.717, 1.165) is 4.47 Å². The largest absolute Gasteiger partial charge is 0.371 e. The lowest BCUT2D eigenvalue weighted by Crippen LogP contribution is -2.29. The predicted molar refractivity (Wildman–Crippen MR) is 77.4 cm³/mol.